The molecule has 35 heavy (non-hydrogen) atoms. The number of carboxylic acid groups (broad SMARTS) is 1. The topological polar surface area (TPSA) is 128 Å². The molecule has 0 fully saturated rings. The zero-order chi connectivity index (χ0) is 25.1. The zero-order valence-electron chi connectivity index (χ0n) is 19.9. The summed E-state index contributed by atoms with van der Waals surface area (Å²) >= 11 is 0. The average molecular weight is 471 g/mol. The molecule has 1 atom stereocenters. The van der Waals surface area contributed by atoms with E-state index in [1.165, 1.54) is 0 Å². The fourth-order valence-electron chi connectivity index (χ4n) is 4.58. The lowest BCUT2D eigenvalue weighted by Crippen LogP contribution is -2.24. The molecule has 0 radical (unpaired) electrons. The molecule has 1 unspecified atom stereocenters. The number of carboxylic acids is 1. The third-order valence-corrected chi connectivity index (χ3v) is 6.41. The predicted octanol–water partition coefficient (Wildman–Crippen LogP) is 4.54. The van der Waals surface area contributed by atoms with E-state index in [0.717, 1.165) is 34.4 Å². The minimum Gasteiger partial charge on any atom is -0.478 e. The normalized spacial score (nSPS) is 14.2. The van der Waals surface area contributed by atoms with E-state index in [0.29, 0.717) is 36.2 Å². The van der Waals surface area contributed by atoms with Crippen LogP contribution in [0.3, 0.4) is 0 Å². The molecular weight excluding hydrogens is 440 g/mol. The molecule has 0 saturated heterocycles. The number of fused-ring (bicyclic) bond motifs is 1. The molecule has 0 aromatic heterocycles. The van der Waals surface area contributed by atoms with Gasteiger partial charge in [-0.15, -0.1) is 0 Å². The minimum absolute atomic E-state index is 0.0207. The van der Waals surface area contributed by atoms with Gasteiger partial charge in [0.05, 0.1) is 5.56 Å². The second-order valence-electron chi connectivity index (χ2n) is 8.98. The van der Waals surface area contributed by atoms with Crippen LogP contribution in [0.25, 0.3) is 11.1 Å². The maximum Gasteiger partial charge on any atom is 0.336 e. The van der Waals surface area contributed by atoms with Gasteiger partial charge in [-0.05, 0) is 78.4 Å². The van der Waals surface area contributed by atoms with E-state index in [-0.39, 0.29) is 23.2 Å². The molecule has 3 aromatic rings. The quantitative estimate of drug-likeness (QED) is 0.244. The van der Waals surface area contributed by atoms with Crippen LogP contribution in [0.4, 0.5) is 5.69 Å². The Balaban J connectivity index is 1.79. The highest BCUT2D eigenvalue weighted by molar-refractivity contribution is 6.00. The van der Waals surface area contributed by atoms with Crippen molar-refractivity contribution in [1.82, 2.24) is 5.32 Å². The third-order valence-electron chi connectivity index (χ3n) is 6.41. The zero-order valence-corrected chi connectivity index (χ0v) is 19.9. The molecule has 0 bridgehead atoms. The molecule has 1 aliphatic rings. The number of amides is 1. The van der Waals surface area contributed by atoms with Crippen LogP contribution in [0, 0.1) is 12.3 Å². The third kappa shape index (κ3) is 5.04. The highest BCUT2D eigenvalue weighted by Gasteiger charge is 2.25. The Morgan fingerprint density at radius 2 is 1.86 bits per heavy atom. The fraction of sp³-hybridized carbons (Fsp3) is 0.250. The molecule has 1 aliphatic heterocycles. The molecule has 6 N–H and O–H groups in total. The number of nitrogen functional groups attached to an aromatic ring is 1. The van der Waals surface area contributed by atoms with Gasteiger partial charge in [0.15, 0.2) is 0 Å². The first-order valence-electron chi connectivity index (χ1n) is 11.8. The molecule has 4 rings (SSSR count). The van der Waals surface area contributed by atoms with Gasteiger partial charge in [-0.3, -0.25) is 10.2 Å². The SMILES string of the molecule is CCCNC(=O)c1ccc(CC2CNc3ccc(C(=N)N)cc32)c(-c2ccc(C)cc2C(=O)O)c1. The lowest BCUT2D eigenvalue weighted by Gasteiger charge is -2.18. The molecule has 1 amide bonds. The van der Waals surface area contributed by atoms with Crippen molar-refractivity contribution in [3.8, 4) is 11.1 Å². The number of amidine groups is 1. The van der Waals surface area contributed by atoms with Crippen molar-refractivity contribution in [3.63, 3.8) is 0 Å². The van der Waals surface area contributed by atoms with Crippen molar-refractivity contribution < 1.29 is 14.7 Å². The van der Waals surface area contributed by atoms with Crippen LogP contribution >= 0.6 is 0 Å². The lowest BCUT2D eigenvalue weighted by atomic mass is 9.86. The number of hydrogen-bond acceptors (Lipinski definition) is 4. The van der Waals surface area contributed by atoms with Crippen molar-refractivity contribution in [2.24, 2.45) is 5.73 Å². The largest absolute Gasteiger partial charge is 0.478 e. The van der Waals surface area contributed by atoms with Crippen LogP contribution in [0.15, 0.2) is 54.6 Å². The Morgan fingerprint density at radius 1 is 1.09 bits per heavy atom. The van der Waals surface area contributed by atoms with Crippen molar-refractivity contribution >= 4 is 23.4 Å². The summed E-state index contributed by atoms with van der Waals surface area (Å²) < 4.78 is 0. The monoisotopic (exact) mass is 470 g/mol. The number of nitrogens with one attached hydrogen (secondary N) is 3. The van der Waals surface area contributed by atoms with E-state index in [9.17, 15) is 14.7 Å². The number of carbonyl (C=O) groups excluding carboxylic acids is 1. The maximum atomic E-state index is 12.7. The first-order valence-corrected chi connectivity index (χ1v) is 11.8. The van der Waals surface area contributed by atoms with Crippen LogP contribution < -0.4 is 16.4 Å². The van der Waals surface area contributed by atoms with E-state index in [4.69, 9.17) is 11.1 Å². The van der Waals surface area contributed by atoms with Crippen LogP contribution in [-0.4, -0.2) is 35.9 Å². The molecule has 0 saturated carbocycles. The van der Waals surface area contributed by atoms with E-state index in [1.54, 1.807) is 18.2 Å². The Kier molecular flexibility index (Phi) is 6.87. The van der Waals surface area contributed by atoms with Gasteiger partial charge in [0.2, 0.25) is 0 Å². The Hall–Kier alpha value is -4.13. The molecular formula is C28H30N4O3. The second-order valence-corrected chi connectivity index (χ2v) is 8.98. The van der Waals surface area contributed by atoms with E-state index in [1.807, 2.05) is 50.2 Å². The van der Waals surface area contributed by atoms with Crippen molar-refractivity contribution in [2.75, 3.05) is 18.4 Å². The van der Waals surface area contributed by atoms with Gasteiger partial charge in [-0.2, -0.15) is 0 Å². The number of nitrogens with two attached hydrogens (primary N) is 1. The first kappa shape index (κ1) is 24.0. The van der Waals surface area contributed by atoms with Crippen molar-refractivity contribution in [2.45, 2.75) is 32.6 Å². The van der Waals surface area contributed by atoms with Gasteiger partial charge in [0.1, 0.15) is 5.84 Å². The Morgan fingerprint density at radius 3 is 2.57 bits per heavy atom. The Bertz CT molecular complexity index is 1320. The predicted molar refractivity (Wildman–Crippen MR) is 139 cm³/mol. The van der Waals surface area contributed by atoms with Crippen molar-refractivity contribution in [1.29, 1.82) is 5.41 Å². The minimum atomic E-state index is -1.01. The van der Waals surface area contributed by atoms with Crippen molar-refractivity contribution in [3.05, 3.63) is 88.0 Å². The molecule has 7 heteroatoms. The molecule has 180 valence electrons. The van der Waals surface area contributed by atoms with E-state index >= 15 is 0 Å². The number of aromatic carboxylic acids is 1. The summed E-state index contributed by atoms with van der Waals surface area (Å²) in [5, 5.41) is 24.0. The molecule has 0 aliphatic carbocycles. The number of aryl methyl sites for hydroxylation is 1. The molecule has 3 aromatic carbocycles. The highest BCUT2D eigenvalue weighted by Crippen LogP contribution is 2.38. The number of carbonyl (C=O) groups is 2. The number of anilines is 1. The maximum absolute atomic E-state index is 12.7. The van der Waals surface area contributed by atoms with Gasteiger partial charge in [0.25, 0.3) is 5.91 Å². The summed E-state index contributed by atoms with van der Waals surface area (Å²) in [5.41, 5.74) is 12.3. The fourth-order valence-corrected chi connectivity index (χ4v) is 4.58. The van der Waals surface area contributed by atoms with Gasteiger partial charge in [-0.1, -0.05) is 30.7 Å². The van der Waals surface area contributed by atoms with Gasteiger partial charge >= 0.3 is 5.97 Å². The molecule has 0 spiro atoms. The number of benzene rings is 3. The summed E-state index contributed by atoms with van der Waals surface area (Å²) in [5.74, 6) is -1.05. The summed E-state index contributed by atoms with van der Waals surface area (Å²) in [6.07, 6.45) is 1.47. The van der Waals surface area contributed by atoms with Crippen LogP contribution in [0.2, 0.25) is 0 Å². The first-order chi connectivity index (χ1) is 16.8. The summed E-state index contributed by atoms with van der Waals surface area (Å²) in [6, 6.07) is 16.6. The summed E-state index contributed by atoms with van der Waals surface area (Å²) in [7, 11) is 0. The van der Waals surface area contributed by atoms with Gasteiger partial charge < -0.3 is 21.5 Å². The highest BCUT2D eigenvalue weighted by atomic mass is 16.4. The number of hydrogen-bond donors (Lipinski definition) is 5. The van der Waals surface area contributed by atoms with E-state index in [2.05, 4.69) is 10.6 Å². The number of rotatable bonds is 8. The molecule has 1 heterocycles. The standard InChI is InChI=1S/C28H30N4O3/c1-3-10-31-27(33)19-6-5-17(22(14-19)21-8-4-16(2)11-24(21)28(34)35)12-20-15-32-25-9-7-18(26(29)30)13-23(20)25/h4-9,11,13-14,20,32H,3,10,12,15H2,1-2H3,(H3,29,30)(H,31,33)(H,34,35). The molecule has 7 nitrogen and oxygen atoms in total. The van der Waals surface area contributed by atoms with E-state index < -0.39 is 5.97 Å². The lowest BCUT2D eigenvalue weighted by molar-refractivity contribution is 0.0697. The summed E-state index contributed by atoms with van der Waals surface area (Å²) in [4.78, 5) is 24.8. The second kappa shape index (κ2) is 10.0. The van der Waals surface area contributed by atoms with Gasteiger partial charge in [0, 0.05) is 35.8 Å². The van der Waals surface area contributed by atoms with Gasteiger partial charge in [-0.25, -0.2) is 4.79 Å². The summed E-state index contributed by atoms with van der Waals surface area (Å²) in [6.45, 7) is 5.14. The Labute approximate surface area is 204 Å². The van der Waals surface area contributed by atoms with Crippen LogP contribution in [0.5, 0.6) is 0 Å². The smallest absolute Gasteiger partial charge is 0.336 e. The van der Waals surface area contributed by atoms with Crippen LogP contribution in [0.1, 0.15) is 62.2 Å². The van der Waals surface area contributed by atoms with Crippen LogP contribution in [-0.2, 0) is 6.42 Å². The average Bonchev–Trinajstić information content (AvgIpc) is 3.24.